The number of hydrogen-bond acceptors (Lipinski definition) is 4. The van der Waals surface area contributed by atoms with Gasteiger partial charge >= 0.3 is 0 Å². The van der Waals surface area contributed by atoms with E-state index in [0.717, 1.165) is 6.42 Å². The van der Waals surface area contributed by atoms with Crippen molar-refractivity contribution in [3.05, 3.63) is 0 Å². The molecule has 1 amide bonds. The highest BCUT2D eigenvalue weighted by molar-refractivity contribution is 8.69. The van der Waals surface area contributed by atoms with E-state index in [1.807, 2.05) is 0 Å². The molecule has 0 aliphatic rings. The Bertz CT molecular complexity index is 290. The van der Waals surface area contributed by atoms with Gasteiger partial charge in [0, 0.05) is 12.3 Å². The number of carbonyl (C=O) groups is 1. The molecule has 0 aliphatic heterocycles. The largest absolute Gasteiger partial charge is 0.313 e. The molecule has 0 aliphatic carbocycles. The second kappa shape index (κ2) is 7.29. The molecule has 6 heteroatoms. The summed E-state index contributed by atoms with van der Waals surface area (Å²) in [4.78, 5) is 10.7. The molecule has 2 unspecified atom stereocenters. The lowest BCUT2D eigenvalue weighted by Crippen LogP contribution is -2.14. The summed E-state index contributed by atoms with van der Waals surface area (Å²) in [6, 6.07) is 0. The molecule has 0 bridgehead atoms. The predicted octanol–water partition coefficient (Wildman–Crippen LogP) is 2.48. The van der Waals surface area contributed by atoms with E-state index in [4.69, 9.17) is 22.8 Å². The van der Waals surface area contributed by atoms with E-state index < -0.39 is 5.62 Å². The van der Waals surface area contributed by atoms with Crippen molar-refractivity contribution in [3.8, 4) is 12.3 Å². The van der Waals surface area contributed by atoms with Crippen molar-refractivity contribution in [2.75, 3.05) is 13.7 Å². The van der Waals surface area contributed by atoms with Crippen LogP contribution in [0.2, 0.25) is 0 Å². The molecule has 0 spiro atoms. The Labute approximate surface area is 101 Å². The molecule has 2 atom stereocenters. The van der Waals surface area contributed by atoms with E-state index in [0.29, 0.717) is 11.7 Å². The fourth-order valence-electron chi connectivity index (χ4n) is 0.674. The maximum Gasteiger partial charge on any atom is 0.216 e. The maximum atomic E-state index is 10.7. The van der Waals surface area contributed by atoms with Crippen LogP contribution in [0.3, 0.4) is 0 Å². The van der Waals surface area contributed by atoms with Crippen LogP contribution in [0.15, 0.2) is 0 Å². The van der Waals surface area contributed by atoms with E-state index in [2.05, 4.69) is 19.8 Å². The monoisotopic (exact) mass is 265 g/mol. The van der Waals surface area contributed by atoms with Crippen molar-refractivity contribution in [2.45, 2.75) is 25.5 Å². The zero-order chi connectivity index (χ0) is 11.9. The summed E-state index contributed by atoms with van der Waals surface area (Å²) in [5.41, 5.74) is -2.33. The molecule has 0 fully saturated rings. The first-order chi connectivity index (χ1) is 7.00. The molecule has 0 heterocycles. The lowest BCUT2D eigenvalue weighted by atomic mass is 10.4. The number of terminal acetylenes is 1. The number of carbonyl (C=O) groups excluding carboxylic acids is 1. The summed E-state index contributed by atoms with van der Waals surface area (Å²) in [5, 5.41) is 0.357. The molecule has 0 saturated heterocycles. The highest BCUT2D eigenvalue weighted by atomic mass is 32.9. The summed E-state index contributed by atoms with van der Waals surface area (Å²) >= 11 is 6.91. The number of nitrogens with zero attached hydrogens (tertiary/aromatic N) is 1. The van der Waals surface area contributed by atoms with Crippen LogP contribution in [0.5, 0.6) is 0 Å². The number of rotatable bonds is 7. The SMILES string of the molecule is C#CCOP(=S)(SC(C)CC)N(C)C=O. The summed E-state index contributed by atoms with van der Waals surface area (Å²) in [6.07, 6.45) is 6.80. The molecule has 0 aromatic rings. The number of hydrogen-bond donors (Lipinski definition) is 0. The standard InChI is InChI=1S/C9H16NO2PS2/c1-5-7-12-13(14,10(4)8-11)15-9(3)6-2/h1,8-9H,6-7H2,2-4H3. The van der Waals surface area contributed by atoms with Gasteiger partial charge in [-0.1, -0.05) is 31.1 Å². The topological polar surface area (TPSA) is 29.5 Å². The lowest BCUT2D eigenvalue weighted by molar-refractivity contribution is -0.113. The van der Waals surface area contributed by atoms with Gasteiger partial charge in [0.15, 0.2) is 0 Å². The van der Waals surface area contributed by atoms with Crippen LogP contribution in [0.1, 0.15) is 20.3 Å². The first-order valence-electron chi connectivity index (χ1n) is 4.55. The van der Waals surface area contributed by atoms with Crippen molar-refractivity contribution in [2.24, 2.45) is 0 Å². The van der Waals surface area contributed by atoms with E-state index in [1.54, 1.807) is 7.05 Å². The quantitative estimate of drug-likeness (QED) is 0.402. The van der Waals surface area contributed by atoms with E-state index >= 15 is 0 Å². The highest BCUT2D eigenvalue weighted by Crippen LogP contribution is 2.63. The minimum atomic E-state index is -2.33. The average molecular weight is 265 g/mol. The fourth-order valence-corrected chi connectivity index (χ4v) is 6.33. The summed E-state index contributed by atoms with van der Waals surface area (Å²) in [7, 11) is 1.64. The third kappa shape index (κ3) is 5.03. The van der Waals surface area contributed by atoms with E-state index in [9.17, 15) is 4.79 Å². The summed E-state index contributed by atoms with van der Waals surface area (Å²) in [6.45, 7) is 4.28. The van der Waals surface area contributed by atoms with Gasteiger partial charge in [0.1, 0.15) is 6.61 Å². The zero-order valence-electron chi connectivity index (χ0n) is 9.17. The minimum Gasteiger partial charge on any atom is -0.313 e. The Hall–Kier alpha value is -0.0100. The Balaban J connectivity index is 4.63. The Morgan fingerprint density at radius 3 is 2.80 bits per heavy atom. The van der Waals surface area contributed by atoms with Crippen LogP contribution in [-0.4, -0.2) is 30.0 Å². The molecule has 0 rings (SSSR count). The maximum absolute atomic E-state index is 10.7. The molecule has 0 N–H and O–H groups in total. The highest BCUT2D eigenvalue weighted by Gasteiger charge is 2.25. The molecular formula is C9H16NO2PS2. The lowest BCUT2D eigenvalue weighted by Gasteiger charge is -2.29. The van der Waals surface area contributed by atoms with Gasteiger partial charge in [-0.2, -0.15) is 0 Å². The molecule has 0 aromatic heterocycles. The summed E-state index contributed by atoms with van der Waals surface area (Å²) in [5.74, 6) is 2.38. The van der Waals surface area contributed by atoms with Crippen LogP contribution >= 0.6 is 17.0 Å². The first kappa shape index (κ1) is 15.0. The average Bonchev–Trinajstić information content (AvgIpc) is 2.24. The van der Waals surface area contributed by atoms with Crippen LogP contribution < -0.4 is 0 Å². The Morgan fingerprint density at radius 2 is 2.40 bits per heavy atom. The first-order valence-corrected chi connectivity index (χ1v) is 8.71. The molecule has 0 radical (unpaired) electrons. The number of amides is 1. The molecule has 3 nitrogen and oxygen atoms in total. The van der Waals surface area contributed by atoms with Crippen molar-refractivity contribution in [1.82, 2.24) is 4.67 Å². The van der Waals surface area contributed by atoms with Crippen LogP contribution in [0.25, 0.3) is 0 Å². The van der Waals surface area contributed by atoms with Gasteiger partial charge in [0.25, 0.3) is 0 Å². The van der Waals surface area contributed by atoms with Crippen molar-refractivity contribution in [1.29, 1.82) is 0 Å². The van der Waals surface area contributed by atoms with Gasteiger partial charge in [-0.25, -0.2) is 0 Å². The second-order valence-corrected chi connectivity index (χ2v) is 10.1. The van der Waals surface area contributed by atoms with Crippen molar-refractivity contribution >= 4 is 35.2 Å². The van der Waals surface area contributed by atoms with Crippen molar-refractivity contribution in [3.63, 3.8) is 0 Å². The molecule has 15 heavy (non-hydrogen) atoms. The van der Waals surface area contributed by atoms with Crippen LogP contribution in [-0.2, 0) is 21.1 Å². The van der Waals surface area contributed by atoms with Gasteiger partial charge < -0.3 is 4.52 Å². The Morgan fingerprint density at radius 1 is 1.80 bits per heavy atom. The third-order valence-electron chi connectivity index (χ3n) is 1.74. The van der Waals surface area contributed by atoms with Gasteiger partial charge in [0.05, 0.1) is 0 Å². The van der Waals surface area contributed by atoms with Crippen LogP contribution in [0.4, 0.5) is 0 Å². The van der Waals surface area contributed by atoms with Gasteiger partial charge in [-0.3, -0.25) is 9.46 Å². The Kier molecular flexibility index (Phi) is 7.29. The van der Waals surface area contributed by atoms with Crippen molar-refractivity contribution < 1.29 is 9.32 Å². The molecule has 86 valence electrons. The normalized spacial score (nSPS) is 16.1. The molecule has 0 aromatic carbocycles. The van der Waals surface area contributed by atoms with Gasteiger partial charge in [-0.15, -0.1) is 6.42 Å². The van der Waals surface area contributed by atoms with Crippen LogP contribution in [0, 0.1) is 12.3 Å². The summed E-state index contributed by atoms with van der Waals surface area (Å²) < 4.78 is 6.88. The fraction of sp³-hybridized carbons (Fsp3) is 0.667. The smallest absolute Gasteiger partial charge is 0.216 e. The van der Waals surface area contributed by atoms with E-state index in [-0.39, 0.29) is 6.61 Å². The molecular weight excluding hydrogens is 249 g/mol. The van der Waals surface area contributed by atoms with E-state index in [1.165, 1.54) is 16.1 Å². The van der Waals surface area contributed by atoms with Gasteiger partial charge in [0.2, 0.25) is 12.0 Å². The predicted molar refractivity (Wildman–Crippen MR) is 70.2 cm³/mol. The van der Waals surface area contributed by atoms with Gasteiger partial charge in [-0.05, 0) is 18.2 Å². The minimum absolute atomic E-state index is 0.152. The third-order valence-corrected chi connectivity index (χ3v) is 8.85. The zero-order valence-corrected chi connectivity index (χ0v) is 11.7. The second-order valence-electron chi connectivity index (χ2n) is 2.95. The molecule has 0 saturated carbocycles.